The lowest BCUT2D eigenvalue weighted by Gasteiger charge is -2.41. The molecule has 0 fully saturated rings. The fourth-order valence-corrected chi connectivity index (χ4v) is 3.92. The maximum absolute atomic E-state index is 12.5. The van der Waals surface area contributed by atoms with Gasteiger partial charge in [-0.05, 0) is 39.8 Å². The van der Waals surface area contributed by atoms with Crippen molar-refractivity contribution in [2.45, 2.75) is 51.0 Å². The number of ether oxygens (including phenoxy) is 1. The smallest absolute Gasteiger partial charge is 0.216 e. The van der Waals surface area contributed by atoms with Crippen molar-refractivity contribution < 1.29 is 13.2 Å². The van der Waals surface area contributed by atoms with Gasteiger partial charge in [-0.2, -0.15) is 4.31 Å². The molecule has 0 N–H and O–H groups in total. The summed E-state index contributed by atoms with van der Waals surface area (Å²) in [5.74, 6) is 0.652. The van der Waals surface area contributed by atoms with E-state index in [9.17, 15) is 8.42 Å². The molecule has 22 heavy (non-hydrogen) atoms. The summed E-state index contributed by atoms with van der Waals surface area (Å²) in [6.45, 7) is 14.4. The average Bonchev–Trinajstić information content (AvgIpc) is 2.44. The van der Waals surface area contributed by atoms with Gasteiger partial charge in [-0.3, -0.25) is 0 Å². The molecule has 0 aromatic heterocycles. The number of sulfonamides is 1. The maximum atomic E-state index is 12.5. The van der Waals surface area contributed by atoms with E-state index in [0.29, 0.717) is 17.9 Å². The molecule has 6 heteroatoms. The van der Waals surface area contributed by atoms with Crippen molar-refractivity contribution in [3.05, 3.63) is 35.2 Å². The van der Waals surface area contributed by atoms with Gasteiger partial charge in [-0.15, -0.1) is 0 Å². The standard InChI is InChI=1S/C16H22N2O3S/c1-11(2)22(19,20)18(6)14-10-16(3,4)21-15-8-7-12(17-5)9-13(14)15/h7-9,11,14H,10H2,1-4,6H3. The van der Waals surface area contributed by atoms with Crippen LogP contribution >= 0.6 is 0 Å². The monoisotopic (exact) mass is 322 g/mol. The molecule has 120 valence electrons. The second-order valence-electron chi connectivity index (χ2n) is 6.53. The van der Waals surface area contributed by atoms with E-state index in [1.54, 1.807) is 39.1 Å². The van der Waals surface area contributed by atoms with E-state index in [1.807, 2.05) is 13.8 Å². The van der Waals surface area contributed by atoms with Crippen LogP contribution in [0.2, 0.25) is 0 Å². The average molecular weight is 322 g/mol. The SMILES string of the molecule is [C-]#[N+]c1ccc2c(c1)C(N(C)S(=O)(=O)C(C)C)CC(C)(C)O2. The van der Waals surface area contributed by atoms with Gasteiger partial charge in [0.15, 0.2) is 5.69 Å². The van der Waals surface area contributed by atoms with Gasteiger partial charge in [0, 0.05) is 19.0 Å². The van der Waals surface area contributed by atoms with Crippen molar-refractivity contribution >= 4 is 15.7 Å². The molecule has 0 spiro atoms. The minimum atomic E-state index is -3.39. The first-order chi connectivity index (χ1) is 10.1. The Morgan fingerprint density at radius 1 is 1.41 bits per heavy atom. The Labute approximate surface area is 132 Å². The van der Waals surface area contributed by atoms with Crippen LogP contribution in [0.4, 0.5) is 5.69 Å². The Hall–Kier alpha value is -1.58. The van der Waals surface area contributed by atoms with E-state index in [0.717, 1.165) is 5.56 Å². The Morgan fingerprint density at radius 3 is 2.59 bits per heavy atom. The van der Waals surface area contributed by atoms with Gasteiger partial charge in [0.05, 0.1) is 17.9 Å². The van der Waals surface area contributed by atoms with Gasteiger partial charge < -0.3 is 4.74 Å². The van der Waals surface area contributed by atoms with Gasteiger partial charge in [-0.1, -0.05) is 6.07 Å². The summed E-state index contributed by atoms with van der Waals surface area (Å²) < 4.78 is 32.4. The highest BCUT2D eigenvalue weighted by molar-refractivity contribution is 7.89. The Morgan fingerprint density at radius 2 is 2.05 bits per heavy atom. The molecule has 0 saturated heterocycles. The third-order valence-electron chi connectivity index (χ3n) is 3.99. The van der Waals surface area contributed by atoms with Crippen LogP contribution in [0.5, 0.6) is 5.75 Å². The zero-order valence-corrected chi connectivity index (χ0v) is 14.4. The highest BCUT2D eigenvalue weighted by Crippen LogP contribution is 2.44. The first kappa shape index (κ1) is 16.8. The largest absolute Gasteiger partial charge is 0.488 e. The van der Waals surface area contributed by atoms with Gasteiger partial charge in [0.2, 0.25) is 10.0 Å². The van der Waals surface area contributed by atoms with Crippen molar-refractivity contribution in [2.75, 3.05) is 7.05 Å². The van der Waals surface area contributed by atoms with Gasteiger partial charge >= 0.3 is 0 Å². The zero-order valence-electron chi connectivity index (χ0n) is 13.6. The highest BCUT2D eigenvalue weighted by Gasteiger charge is 2.40. The van der Waals surface area contributed by atoms with Crippen LogP contribution in [-0.4, -0.2) is 30.6 Å². The fraction of sp³-hybridized carbons (Fsp3) is 0.562. The second kappa shape index (κ2) is 5.56. The third-order valence-corrected chi connectivity index (χ3v) is 6.24. The number of benzene rings is 1. The molecule has 0 aliphatic carbocycles. The molecule has 0 amide bonds. The van der Waals surface area contributed by atoms with Crippen molar-refractivity contribution in [3.8, 4) is 5.75 Å². The van der Waals surface area contributed by atoms with Crippen LogP contribution in [0.15, 0.2) is 18.2 Å². The molecule has 1 aromatic rings. The molecule has 0 saturated carbocycles. The predicted molar refractivity (Wildman–Crippen MR) is 86.6 cm³/mol. The van der Waals surface area contributed by atoms with E-state index in [4.69, 9.17) is 11.3 Å². The summed E-state index contributed by atoms with van der Waals surface area (Å²) in [6, 6.07) is 4.86. The normalized spacial score (nSPS) is 20.4. The van der Waals surface area contributed by atoms with E-state index < -0.39 is 20.9 Å². The summed E-state index contributed by atoms with van der Waals surface area (Å²) in [5, 5.41) is -0.490. The molecule has 1 aliphatic heterocycles. The molecule has 1 aromatic carbocycles. The molecule has 0 bridgehead atoms. The maximum Gasteiger partial charge on any atom is 0.216 e. The molecule has 0 radical (unpaired) electrons. The summed E-state index contributed by atoms with van der Waals surface area (Å²) >= 11 is 0. The van der Waals surface area contributed by atoms with E-state index in [1.165, 1.54) is 4.31 Å². The Bertz CT molecular complexity index is 717. The number of hydrogen-bond donors (Lipinski definition) is 0. The first-order valence-electron chi connectivity index (χ1n) is 7.26. The molecule has 5 nitrogen and oxygen atoms in total. The number of rotatable bonds is 3. The number of fused-ring (bicyclic) bond motifs is 1. The summed E-state index contributed by atoms with van der Waals surface area (Å²) in [6.07, 6.45) is 0.546. The first-order valence-corrected chi connectivity index (χ1v) is 8.76. The van der Waals surface area contributed by atoms with Crippen LogP contribution < -0.4 is 4.74 Å². The quantitative estimate of drug-likeness (QED) is 0.800. The molecule has 1 unspecified atom stereocenters. The predicted octanol–water partition coefficient (Wildman–Crippen LogP) is 3.51. The van der Waals surface area contributed by atoms with Crippen LogP contribution in [0, 0.1) is 6.57 Å². The van der Waals surface area contributed by atoms with Gasteiger partial charge in [-0.25, -0.2) is 13.3 Å². The fourth-order valence-electron chi connectivity index (χ4n) is 2.71. The number of hydrogen-bond acceptors (Lipinski definition) is 3. The van der Waals surface area contributed by atoms with Crippen molar-refractivity contribution in [2.24, 2.45) is 0 Å². The highest BCUT2D eigenvalue weighted by atomic mass is 32.2. The topological polar surface area (TPSA) is 51.0 Å². The van der Waals surface area contributed by atoms with Gasteiger partial charge in [0.1, 0.15) is 11.4 Å². The lowest BCUT2D eigenvalue weighted by atomic mass is 9.89. The summed E-state index contributed by atoms with van der Waals surface area (Å²) in [5.41, 5.74) is 0.792. The lowest BCUT2D eigenvalue weighted by Crippen LogP contribution is -2.43. The minimum Gasteiger partial charge on any atom is -0.488 e. The molecular formula is C16H22N2O3S. The summed E-state index contributed by atoms with van der Waals surface area (Å²) in [7, 11) is -1.78. The molecule has 1 aliphatic rings. The van der Waals surface area contributed by atoms with Crippen molar-refractivity contribution in [1.82, 2.24) is 4.31 Å². The summed E-state index contributed by atoms with van der Waals surface area (Å²) in [4.78, 5) is 3.43. The number of nitrogens with zero attached hydrogens (tertiary/aromatic N) is 2. The third kappa shape index (κ3) is 2.96. The molecule has 1 heterocycles. The van der Waals surface area contributed by atoms with Crippen molar-refractivity contribution in [3.63, 3.8) is 0 Å². The minimum absolute atomic E-state index is 0.326. The van der Waals surface area contributed by atoms with Crippen LogP contribution in [0.3, 0.4) is 0 Å². The van der Waals surface area contributed by atoms with Crippen LogP contribution in [0.1, 0.15) is 45.7 Å². The zero-order chi connectivity index (χ0) is 16.7. The second-order valence-corrected chi connectivity index (χ2v) is 9.07. The Kier molecular flexibility index (Phi) is 4.24. The van der Waals surface area contributed by atoms with E-state index in [2.05, 4.69) is 4.85 Å². The van der Waals surface area contributed by atoms with E-state index in [-0.39, 0.29) is 6.04 Å². The Balaban J connectivity index is 2.55. The lowest BCUT2D eigenvalue weighted by molar-refractivity contribution is 0.0540. The molecule has 1 atom stereocenters. The van der Waals surface area contributed by atoms with Crippen LogP contribution in [-0.2, 0) is 10.0 Å². The molecule has 2 rings (SSSR count). The van der Waals surface area contributed by atoms with Crippen LogP contribution in [0.25, 0.3) is 4.85 Å². The molecular weight excluding hydrogens is 300 g/mol. The van der Waals surface area contributed by atoms with Gasteiger partial charge in [0.25, 0.3) is 0 Å². The van der Waals surface area contributed by atoms with E-state index >= 15 is 0 Å². The van der Waals surface area contributed by atoms with Crippen molar-refractivity contribution in [1.29, 1.82) is 0 Å².